The lowest BCUT2D eigenvalue weighted by Crippen LogP contribution is -2.66. The standard InChI is InChI=1S/C24H32O8/c1-11-7-17-22(29,19(11)28)9-15(10-25)8-16-18-21(5,6)24(18,32-14(4)27)20(31-13(3)26)12(2)23(16,17)30/h7-8,12,16-18,20,25,29-30H,9-10H2,1-6H3/t12-,16+,17-,18-,20-,22-,23-,24?/m1/s1. The number of hydrogen-bond acceptors (Lipinski definition) is 8. The second-order valence-corrected chi connectivity index (χ2v) is 10.6. The van der Waals surface area contributed by atoms with Crippen LogP contribution in [0.25, 0.3) is 0 Å². The van der Waals surface area contributed by atoms with Crippen molar-refractivity contribution in [1.29, 1.82) is 0 Å². The topological polar surface area (TPSA) is 130 Å². The van der Waals surface area contributed by atoms with Crippen molar-refractivity contribution in [2.75, 3.05) is 6.61 Å². The van der Waals surface area contributed by atoms with Gasteiger partial charge in [-0.05, 0) is 18.1 Å². The number of fused-ring (bicyclic) bond motifs is 5. The van der Waals surface area contributed by atoms with Gasteiger partial charge < -0.3 is 24.8 Å². The van der Waals surface area contributed by atoms with Crippen molar-refractivity contribution in [2.45, 2.75) is 70.9 Å². The van der Waals surface area contributed by atoms with E-state index in [-0.39, 0.29) is 13.0 Å². The van der Waals surface area contributed by atoms with Crippen molar-refractivity contribution in [3.8, 4) is 0 Å². The molecule has 0 saturated heterocycles. The van der Waals surface area contributed by atoms with Gasteiger partial charge in [0.2, 0.25) is 0 Å². The van der Waals surface area contributed by atoms with Gasteiger partial charge in [-0.1, -0.05) is 32.9 Å². The summed E-state index contributed by atoms with van der Waals surface area (Å²) in [6, 6.07) is 0. The largest absolute Gasteiger partial charge is 0.458 e. The smallest absolute Gasteiger partial charge is 0.303 e. The molecule has 0 aromatic carbocycles. The van der Waals surface area contributed by atoms with Gasteiger partial charge in [0.1, 0.15) is 11.7 Å². The highest BCUT2D eigenvalue weighted by Crippen LogP contribution is 2.77. The molecule has 0 bridgehead atoms. The quantitative estimate of drug-likeness (QED) is 0.432. The molecule has 8 atom stereocenters. The number of carbonyl (C=O) groups excluding carboxylic acids is 3. The Hall–Kier alpha value is -2.03. The summed E-state index contributed by atoms with van der Waals surface area (Å²) in [5, 5.41) is 33.9. The number of rotatable bonds is 3. The van der Waals surface area contributed by atoms with E-state index in [1.165, 1.54) is 13.8 Å². The first-order chi connectivity index (χ1) is 14.7. The summed E-state index contributed by atoms with van der Waals surface area (Å²) in [6.45, 7) is 9.23. The highest BCUT2D eigenvalue weighted by Gasteiger charge is 2.87. The summed E-state index contributed by atoms with van der Waals surface area (Å²) >= 11 is 0. The molecular weight excluding hydrogens is 416 g/mol. The zero-order valence-corrected chi connectivity index (χ0v) is 19.3. The first-order valence-corrected chi connectivity index (χ1v) is 11.0. The number of aliphatic hydroxyl groups excluding tert-OH is 1. The van der Waals surface area contributed by atoms with Crippen LogP contribution in [-0.4, -0.2) is 62.6 Å². The fraction of sp³-hybridized carbons (Fsp3) is 0.708. The Morgan fingerprint density at radius 2 is 1.78 bits per heavy atom. The third-order valence-corrected chi connectivity index (χ3v) is 8.56. The maximum absolute atomic E-state index is 13.0. The molecule has 8 heteroatoms. The number of esters is 2. The van der Waals surface area contributed by atoms with E-state index in [2.05, 4.69) is 0 Å². The molecule has 2 fully saturated rings. The lowest BCUT2D eigenvalue weighted by molar-refractivity contribution is -0.227. The van der Waals surface area contributed by atoms with Crippen molar-refractivity contribution >= 4 is 17.7 Å². The van der Waals surface area contributed by atoms with Crippen LogP contribution in [0.4, 0.5) is 0 Å². The van der Waals surface area contributed by atoms with Gasteiger partial charge in [0.15, 0.2) is 11.4 Å². The summed E-state index contributed by atoms with van der Waals surface area (Å²) in [4.78, 5) is 37.2. The lowest BCUT2D eigenvalue weighted by atomic mass is 9.59. The van der Waals surface area contributed by atoms with Crippen LogP contribution in [-0.2, 0) is 23.9 Å². The molecule has 0 heterocycles. The fourth-order valence-corrected chi connectivity index (χ4v) is 7.24. The van der Waals surface area contributed by atoms with Gasteiger partial charge in [0.25, 0.3) is 0 Å². The van der Waals surface area contributed by atoms with E-state index in [4.69, 9.17) is 9.47 Å². The molecule has 4 aliphatic carbocycles. The molecule has 4 rings (SSSR count). The molecule has 0 spiro atoms. The van der Waals surface area contributed by atoms with E-state index >= 15 is 0 Å². The Bertz CT molecular complexity index is 963. The Morgan fingerprint density at radius 3 is 2.31 bits per heavy atom. The summed E-state index contributed by atoms with van der Waals surface area (Å²) in [5.41, 5.74) is -4.69. The molecule has 0 radical (unpaired) electrons. The first kappa shape index (κ1) is 23.1. The van der Waals surface area contributed by atoms with E-state index in [0.717, 1.165) is 0 Å². The zero-order valence-electron chi connectivity index (χ0n) is 19.3. The van der Waals surface area contributed by atoms with Crippen LogP contribution in [0, 0.1) is 29.1 Å². The highest BCUT2D eigenvalue weighted by molar-refractivity contribution is 6.04. The third-order valence-electron chi connectivity index (χ3n) is 8.56. The minimum absolute atomic E-state index is 0.113. The van der Waals surface area contributed by atoms with Gasteiger partial charge in [-0.2, -0.15) is 0 Å². The number of ketones is 1. The Morgan fingerprint density at radius 1 is 1.16 bits per heavy atom. The van der Waals surface area contributed by atoms with Crippen LogP contribution in [0.2, 0.25) is 0 Å². The summed E-state index contributed by atoms with van der Waals surface area (Å²) < 4.78 is 11.6. The SMILES string of the molecule is CC(=O)O[C@@H]1[C@@H](C)[C@@]2(O)[C@@H](C=C(CO)C[C@]3(O)C(=O)C(C)=C[C@@H]23)[C@@H]2C(C)(C)C12OC(C)=O. The Balaban J connectivity index is 1.97. The Kier molecular flexibility index (Phi) is 4.88. The lowest BCUT2D eigenvalue weighted by Gasteiger charge is -2.53. The van der Waals surface area contributed by atoms with Gasteiger partial charge >= 0.3 is 11.9 Å². The van der Waals surface area contributed by atoms with E-state index in [0.29, 0.717) is 11.1 Å². The molecule has 3 N–H and O–H groups in total. The molecule has 0 amide bonds. The van der Waals surface area contributed by atoms with Gasteiger partial charge in [0.05, 0.1) is 12.2 Å². The van der Waals surface area contributed by atoms with Crippen LogP contribution >= 0.6 is 0 Å². The van der Waals surface area contributed by atoms with Crippen LogP contribution in [0.1, 0.15) is 48.0 Å². The van der Waals surface area contributed by atoms with Crippen LogP contribution in [0.15, 0.2) is 23.3 Å². The predicted molar refractivity (Wildman–Crippen MR) is 112 cm³/mol. The number of hydrogen-bond donors (Lipinski definition) is 3. The normalized spacial score (nSPS) is 46.0. The maximum atomic E-state index is 13.0. The maximum Gasteiger partial charge on any atom is 0.303 e. The van der Waals surface area contributed by atoms with Gasteiger partial charge in [-0.15, -0.1) is 0 Å². The molecule has 4 aliphatic rings. The van der Waals surface area contributed by atoms with Crippen LogP contribution in [0.5, 0.6) is 0 Å². The summed E-state index contributed by atoms with van der Waals surface area (Å²) in [5.74, 6) is -4.49. The second-order valence-electron chi connectivity index (χ2n) is 10.6. The van der Waals surface area contributed by atoms with Crippen molar-refractivity contribution in [3.63, 3.8) is 0 Å². The molecule has 0 aromatic rings. The average Bonchev–Trinajstić information content (AvgIpc) is 3.10. The average molecular weight is 449 g/mol. The van der Waals surface area contributed by atoms with Gasteiger partial charge in [0, 0.05) is 49.4 Å². The number of Topliss-reactive ketones (excluding diaryl/α,β-unsaturated/α-hetero) is 1. The summed E-state index contributed by atoms with van der Waals surface area (Å²) in [6.07, 6.45) is 2.23. The minimum Gasteiger partial charge on any atom is -0.458 e. The monoisotopic (exact) mass is 448 g/mol. The van der Waals surface area contributed by atoms with E-state index < -0.39 is 69.7 Å². The second kappa shape index (κ2) is 6.74. The van der Waals surface area contributed by atoms with E-state index in [1.807, 2.05) is 13.8 Å². The fourth-order valence-electron chi connectivity index (χ4n) is 7.24. The highest BCUT2D eigenvalue weighted by atomic mass is 16.6. The van der Waals surface area contributed by atoms with Gasteiger partial charge in [-0.3, -0.25) is 14.4 Å². The van der Waals surface area contributed by atoms with Crippen LogP contribution < -0.4 is 0 Å². The number of carbonyl (C=O) groups is 3. The minimum atomic E-state index is -1.92. The third kappa shape index (κ3) is 2.57. The van der Waals surface area contributed by atoms with Crippen LogP contribution in [0.3, 0.4) is 0 Å². The van der Waals surface area contributed by atoms with E-state index in [1.54, 1.807) is 26.0 Å². The van der Waals surface area contributed by atoms with Crippen molar-refractivity contribution in [1.82, 2.24) is 0 Å². The first-order valence-electron chi connectivity index (χ1n) is 11.0. The Labute approximate surface area is 187 Å². The number of ether oxygens (including phenoxy) is 2. The molecular formula is C24H32O8. The molecule has 32 heavy (non-hydrogen) atoms. The van der Waals surface area contributed by atoms with Crippen molar-refractivity contribution in [2.24, 2.45) is 29.1 Å². The van der Waals surface area contributed by atoms with Gasteiger partial charge in [-0.25, -0.2) is 0 Å². The number of aliphatic hydroxyl groups is 3. The molecule has 0 aromatic heterocycles. The zero-order chi connectivity index (χ0) is 24.0. The van der Waals surface area contributed by atoms with Crippen molar-refractivity contribution < 1.29 is 39.2 Å². The molecule has 176 valence electrons. The van der Waals surface area contributed by atoms with Crippen molar-refractivity contribution in [3.05, 3.63) is 23.3 Å². The molecule has 8 nitrogen and oxygen atoms in total. The summed E-state index contributed by atoms with van der Waals surface area (Å²) in [7, 11) is 0. The predicted octanol–water partition coefficient (Wildman–Crippen LogP) is 1.07. The molecule has 0 aliphatic heterocycles. The van der Waals surface area contributed by atoms with E-state index in [9.17, 15) is 29.7 Å². The molecule has 1 unspecified atom stereocenters. The molecule has 2 saturated carbocycles.